The van der Waals surface area contributed by atoms with Gasteiger partial charge in [-0.05, 0) is 12.5 Å². The normalized spacial score (nSPS) is 11.4. The zero-order valence-electron chi connectivity index (χ0n) is 10.4. The minimum atomic E-state index is 0.409. The molecular weight excluding hydrogens is 375 g/mol. The molecule has 20 heavy (non-hydrogen) atoms. The molecule has 3 aromatic rings. The number of halogens is 1. The average molecular weight is 386 g/mol. The Hall–Kier alpha value is -1.59. The number of pyridine rings is 1. The molecule has 0 aliphatic heterocycles. The lowest BCUT2D eigenvalue weighted by atomic mass is 10.3. The largest absolute Gasteiger partial charge is 0.383 e. The smallest absolute Gasteiger partial charge is 0.167 e. The van der Waals surface area contributed by atoms with Crippen LogP contribution in [0.25, 0.3) is 22.2 Å². The van der Waals surface area contributed by atoms with E-state index in [2.05, 4.69) is 23.2 Å². The van der Waals surface area contributed by atoms with Gasteiger partial charge in [0.25, 0.3) is 0 Å². The molecule has 0 atom stereocenters. The number of anilines is 1. The molecule has 0 unspecified atom stereocenters. The van der Waals surface area contributed by atoms with Crippen LogP contribution in [-0.2, 0) is 14.6 Å². The summed E-state index contributed by atoms with van der Waals surface area (Å²) in [5.41, 5.74) is 7.92. The van der Waals surface area contributed by atoms with E-state index in [0.29, 0.717) is 23.5 Å². The Morgan fingerprint density at radius 1 is 1.30 bits per heavy atom. The fraction of sp³-hybridized carbons (Fsp3) is 0.273. The predicted octanol–water partition coefficient (Wildman–Crippen LogP) is 1.65. The van der Waals surface area contributed by atoms with Crippen molar-refractivity contribution in [2.45, 2.75) is 13.0 Å². The summed E-state index contributed by atoms with van der Waals surface area (Å²) in [5.74, 6) is 0.409. The van der Waals surface area contributed by atoms with Crippen LogP contribution >= 0.6 is 23.0 Å². The van der Waals surface area contributed by atoms with Crippen molar-refractivity contribution in [1.82, 2.24) is 24.5 Å². The third-order valence-electron chi connectivity index (χ3n) is 2.90. The molecule has 104 valence electrons. The van der Waals surface area contributed by atoms with Crippen LogP contribution < -0.4 is 5.73 Å². The van der Waals surface area contributed by atoms with Crippen LogP contribution in [0.1, 0.15) is 6.42 Å². The lowest BCUT2D eigenvalue weighted by molar-refractivity contribution is -0.166. The van der Waals surface area contributed by atoms with Crippen molar-refractivity contribution in [3.63, 3.8) is 0 Å². The highest BCUT2D eigenvalue weighted by Gasteiger charge is 2.09. The Labute approximate surface area is 127 Å². The Morgan fingerprint density at radius 3 is 3.05 bits per heavy atom. The summed E-state index contributed by atoms with van der Waals surface area (Å²) in [4.78, 5) is 21.7. The van der Waals surface area contributed by atoms with Gasteiger partial charge in [-0.25, -0.2) is 24.8 Å². The molecule has 0 amide bonds. The summed E-state index contributed by atoms with van der Waals surface area (Å²) in [6.45, 7) is 1.24. The molecular formula is C11H11IN6O2. The van der Waals surface area contributed by atoms with Gasteiger partial charge < -0.3 is 10.3 Å². The fourth-order valence-electron chi connectivity index (χ4n) is 1.97. The Kier molecular flexibility index (Phi) is 3.89. The number of rotatable bonds is 5. The number of aromatic nitrogens is 5. The van der Waals surface area contributed by atoms with Gasteiger partial charge in [-0.3, -0.25) is 0 Å². The Balaban J connectivity index is 1.95. The van der Waals surface area contributed by atoms with Crippen LogP contribution in [0.15, 0.2) is 18.7 Å². The zero-order chi connectivity index (χ0) is 13.9. The second-order valence-corrected chi connectivity index (χ2v) is 4.50. The van der Waals surface area contributed by atoms with Gasteiger partial charge in [-0.15, -0.1) is 0 Å². The van der Waals surface area contributed by atoms with Crippen LogP contribution in [0.2, 0.25) is 0 Å². The maximum absolute atomic E-state index is 5.81. The summed E-state index contributed by atoms with van der Waals surface area (Å²) < 4.78 is 6.47. The molecule has 0 radical (unpaired) electrons. The second kappa shape index (κ2) is 5.81. The molecule has 0 saturated carbocycles. The van der Waals surface area contributed by atoms with E-state index in [4.69, 9.17) is 10.6 Å². The summed E-state index contributed by atoms with van der Waals surface area (Å²) in [6, 6.07) is 1.86. The number of nitrogens with zero attached hydrogens (tertiary/aromatic N) is 5. The van der Waals surface area contributed by atoms with E-state index in [1.807, 2.05) is 10.6 Å². The first kappa shape index (κ1) is 13.4. The first-order valence-electron chi connectivity index (χ1n) is 5.92. The van der Waals surface area contributed by atoms with E-state index in [-0.39, 0.29) is 0 Å². The summed E-state index contributed by atoms with van der Waals surface area (Å²) >= 11 is 1.69. The van der Waals surface area contributed by atoms with Gasteiger partial charge in [0.15, 0.2) is 34.3 Å². The van der Waals surface area contributed by atoms with Gasteiger partial charge in [-0.1, -0.05) is 0 Å². The maximum Gasteiger partial charge on any atom is 0.167 e. The summed E-state index contributed by atoms with van der Waals surface area (Å²) in [6.07, 6.45) is 3.94. The molecule has 0 aromatic carbocycles. The van der Waals surface area contributed by atoms with Crippen LogP contribution in [0, 0.1) is 0 Å². The highest BCUT2D eigenvalue weighted by molar-refractivity contribution is 14.1. The molecule has 0 saturated heterocycles. The zero-order valence-corrected chi connectivity index (χ0v) is 12.5. The number of imidazole rings is 1. The monoisotopic (exact) mass is 386 g/mol. The van der Waals surface area contributed by atoms with Gasteiger partial charge in [0, 0.05) is 6.54 Å². The number of fused-ring (bicyclic) bond motifs is 2. The standard InChI is InChI=1S/C11H11IN6O2/c12-20-19-3-1-2-18-6-16-8-4-7-9(13)14-5-15-10(7)17-11(8)18/h4-6H,1-3H2,(H2,13,14,15,17). The van der Waals surface area contributed by atoms with Crippen LogP contribution in [-0.4, -0.2) is 31.1 Å². The van der Waals surface area contributed by atoms with E-state index in [9.17, 15) is 0 Å². The molecule has 0 bridgehead atoms. The molecule has 8 nitrogen and oxygen atoms in total. The van der Waals surface area contributed by atoms with Crippen molar-refractivity contribution in [2.24, 2.45) is 0 Å². The molecule has 0 fully saturated rings. The number of aryl methyl sites for hydroxylation is 1. The highest BCUT2D eigenvalue weighted by atomic mass is 127. The summed E-state index contributed by atoms with van der Waals surface area (Å²) in [5, 5.41) is 0.715. The fourth-order valence-corrected chi connectivity index (χ4v) is 2.15. The quantitative estimate of drug-likeness (QED) is 0.308. The molecule has 0 aliphatic rings. The molecule has 3 rings (SSSR count). The third-order valence-corrected chi connectivity index (χ3v) is 3.15. The number of nitrogens with two attached hydrogens (primary N) is 1. The Morgan fingerprint density at radius 2 is 2.20 bits per heavy atom. The lowest BCUT2D eigenvalue weighted by Crippen LogP contribution is -2.02. The number of nitrogen functional groups attached to an aromatic ring is 1. The lowest BCUT2D eigenvalue weighted by Gasteiger charge is -2.04. The molecule has 3 heterocycles. The van der Waals surface area contributed by atoms with Crippen molar-refractivity contribution in [1.29, 1.82) is 0 Å². The van der Waals surface area contributed by atoms with Crippen LogP contribution in [0.5, 0.6) is 0 Å². The van der Waals surface area contributed by atoms with Gasteiger partial charge in [0.1, 0.15) is 17.7 Å². The average Bonchev–Trinajstić information content (AvgIpc) is 2.85. The molecule has 0 aliphatic carbocycles. The highest BCUT2D eigenvalue weighted by Crippen LogP contribution is 2.20. The third kappa shape index (κ3) is 2.51. The maximum atomic E-state index is 5.81. The van der Waals surface area contributed by atoms with Crippen molar-refractivity contribution in [2.75, 3.05) is 12.3 Å². The predicted molar refractivity (Wildman–Crippen MR) is 80.7 cm³/mol. The van der Waals surface area contributed by atoms with Crippen LogP contribution in [0.3, 0.4) is 0 Å². The topological polar surface area (TPSA) is 101 Å². The van der Waals surface area contributed by atoms with E-state index in [1.54, 1.807) is 29.3 Å². The van der Waals surface area contributed by atoms with Crippen molar-refractivity contribution in [3.8, 4) is 0 Å². The molecule has 2 N–H and O–H groups in total. The first-order chi connectivity index (χ1) is 9.79. The van der Waals surface area contributed by atoms with Crippen molar-refractivity contribution >= 4 is 51.0 Å². The molecule has 9 heteroatoms. The van der Waals surface area contributed by atoms with Crippen molar-refractivity contribution < 1.29 is 8.10 Å². The first-order valence-corrected chi connectivity index (χ1v) is 6.80. The van der Waals surface area contributed by atoms with Gasteiger partial charge in [-0.2, -0.15) is 3.22 Å². The van der Waals surface area contributed by atoms with E-state index < -0.39 is 0 Å². The van der Waals surface area contributed by atoms with Gasteiger partial charge in [0.05, 0.1) is 18.3 Å². The SMILES string of the molecule is Nc1ncnc2nc3c(cc12)ncn3CCCOOI. The number of hydrogen-bond donors (Lipinski definition) is 1. The minimum absolute atomic E-state index is 0.409. The van der Waals surface area contributed by atoms with Crippen LogP contribution in [0.4, 0.5) is 5.82 Å². The number of hydrogen-bond acceptors (Lipinski definition) is 7. The molecule has 3 aromatic heterocycles. The van der Waals surface area contributed by atoms with Crippen molar-refractivity contribution in [3.05, 3.63) is 18.7 Å². The minimum Gasteiger partial charge on any atom is -0.383 e. The van der Waals surface area contributed by atoms with E-state index >= 15 is 0 Å². The Bertz CT molecular complexity index is 746. The summed E-state index contributed by atoms with van der Waals surface area (Å²) in [7, 11) is 0. The van der Waals surface area contributed by atoms with Gasteiger partial charge in [0.2, 0.25) is 0 Å². The van der Waals surface area contributed by atoms with Gasteiger partial charge >= 0.3 is 0 Å². The van der Waals surface area contributed by atoms with E-state index in [1.165, 1.54) is 6.33 Å². The van der Waals surface area contributed by atoms with E-state index in [0.717, 1.165) is 24.1 Å². The second-order valence-electron chi connectivity index (χ2n) is 4.14. The molecule has 0 spiro atoms.